The molecule has 0 atom stereocenters. The quantitative estimate of drug-likeness (QED) is 0.734. The fourth-order valence-corrected chi connectivity index (χ4v) is 2.30. The summed E-state index contributed by atoms with van der Waals surface area (Å²) in [6.45, 7) is 2.27. The van der Waals surface area contributed by atoms with Crippen molar-refractivity contribution < 1.29 is 9.90 Å². The van der Waals surface area contributed by atoms with Crippen LogP contribution in [0.4, 0.5) is 5.69 Å². The summed E-state index contributed by atoms with van der Waals surface area (Å²) >= 11 is 11.2. The Hall–Kier alpha value is -1.59. The lowest BCUT2D eigenvalue weighted by atomic mass is 10.1. The minimum absolute atomic E-state index is 0.0148. The van der Waals surface area contributed by atoms with E-state index >= 15 is 0 Å². The standard InChI is InChI=1S/C13H13ClN2O2S/c1-7-8(14)3-2-4-9(7)16-13(19)11-10(17)5-6-15-12(11)18/h2-4,17H,5-6H2,1H3,(H,15,18)(H,16,19). The Bertz CT molecular complexity index is 584. The zero-order valence-corrected chi connectivity index (χ0v) is 11.9. The molecule has 6 heteroatoms. The van der Waals surface area contributed by atoms with E-state index in [2.05, 4.69) is 10.6 Å². The molecule has 1 heterocycles. The van der Waals surface area contributed by atoms with Crippen molar-refractivity contribution >= 4 is 40.4 Å². The highest BCUT2D eigenvalue weighted by Gasteiger charge is 2.24. The van der Waals surface area contributed by atoms with E-state index in [0.717, 1.165) is 11.3 Å². The van der Waals surface area contributed by atoms with Crippen LogP contribution in [0.3, 0.4) is 0 Å². The van der Waals surface area contributed by atoms with Crippen LogP contribution in [0.1, 0.15) is 12.0 Å². The third-order valence-corrected chi connectivity index (χ3v) is 3.62. The third kappa shape index (κ3) is 2.88. The zero-order valence-electron chi connectivity index (χ0n) is 10.3. The molecule has 1 aromatic rings. The summed E-state index contributed by atoms with van der Waals surface area (Å²) in [6.07, 6.45) is 0.386. The number of anilines is 1. The number of amides is 1. The van der Waals surface area contributed by atoms with Crippen LogP contribution in [0.15, 0.2) is 29.5 Å². The molecule has 1 aromatic carbocycles. The van der Waals surface area contributed by atoms with E-state index in [0.29, 0.717) is 18.0 Å². The van der Waals surface area contributed by atoms with Crippen molar-refractivity contribution in [3.63, 3.8) is 0 Å². The lowest BCUT2D eigenvalue weighted by Gasteiger charge is -2.19. The normalized spacial score (nSPS) is 15.2. The molecule has 1 aliphatic rings. The average Bonchev–Trinajstić information content (AvgIpc) is 2.35. The monoisotopic (exact) mass is 296 g/mol. The number of carbonyl (C=O) groups is 1. The second-order valence-corrected chi connectivity index (χ2v) is 5.01. The Labute approximate surface area is 121 Å². The highest BCUT2D eigenvalue weighted by molar-refractivity contribution is 7.81. The van der Waals surface area contributed by atoms with Gasteiger partial charge in [0, 0.05) is 23.7 Å². The molecular formula is C13H13ClN2O2S. The smallest absolute Gasteiger partial charge is 0.257 e. The second-order valence-electron chi connectivity index (χ2n) is 4.19. The fraction of sp³-hybridized carbons (Fsp3) is 0.231. The summed E-state index contributed by atoms with van der Waals surface area (Å²) in [5, 5.41) is 16.0. The molecular weight excluding hydrogens is 284 g/mol. The predicted molar refractivity (Wildman–Crippen MR) is 79.7 cm³/mol. The summed E-state index contributed by atoms with van der Waals surface area (Å²) in [6, 6.07) is 5.37. The second kappa shape index (κ2) is 5.59. The van der Waals surface area contributed by atoms with Crippen molar-refractivity contribution in [2.45, 2.75) is 13.3 Å². The van der Waals surface area contributed by atoms with Crippen molar-refractivity contribution in [3.8, 4) is 0 Å². The van der Waals surface area contributed by atoms with Crippen molar-refractivity contribution in [1.29, 1.82) is 0 Å². The molecule has 0 unspecified atom stereocenters. The number of aliphatic hydroxyl groups is 1. The summed E-state index contributed by atoms with van der Waals surface area (Å²) in [7, 11) is 0. The van der Waals surface area contributed by atoms with Gasteiger partial charge in [0.1, 0.15) is 16.3 Å². The molecule has 1 aliphatic heterocycles. The van der Waals surface area contributed by atoms with Gasteiger partial charge in [0.05, 0.1) is 0 Å². The van der Waals surface area contributed by atoms with Gasteiger partial charge < -0.3 is 15.7 Å². The van der Waals surface area contributed by atoms with E-state index in [-0.39, 0.29) is 22.2 Å². The van der Waals surface area contributed by atoms with Crippen LogP contribution in [0.2, 0.25) is 5.02 Å². The first-order valence-corrected chi connectivity index (χ1v) is 6.56. The predicted octanol–water partition coefficient (Wildman–Crippen LogP) is 2.72. The number of rotatable bonds is 2. The van der Waals surface area contributed by atoms with E-state index in [9.17, 15) is 9.90 Å². The lowest BCUT2D eigenvalue weighted by molar-refractivity contribution is -0.117. The molecule has 4 nitrogen and oxygen atoms in total. The molecule has 0 aliphatic carbocycles. The summed E-state index contributed by atoms with van der Waals surface area (Å²) in [5.74, 6) is -0.345. The molecule has 2 rings (SSSR count). The Morgan fingerprint density at radius 1 is 1.53 bits per heavy atom. The van der Waals surface area contributed by atoms with Crippen molar-refractivity contribution in [1.82, 2.24) is 5.32 Å². The minimum atomic E-state index is -0.360. The van der Waals surface area contributed by atoms with Crippen LogP contribution >= 0.6 is 23.8 Å². The highest BCUT2D eigenvalue weighted by atomic mass is 35.5. The Morgan fingerprint density at radius 2 is 2.26 bits per heavy atom. The van der Waals surface area contributed by atoms with Gasteiger partial charge in [-0.15, -0.1) is 0 Å². The van der Waals surface area contributed by atoms with Crippen LogP contribution in [0.25, 0.3) is 0 Å². The van der Waals surface area contributed by atoms with Crippen molar-refractivity contribution in [3.05, 3.63) is 40.1 Å². The molecule has 0 spiro atoms. The first kappa shape index (κ1) is 13.8. The number of carbonyl (C=O) groups excluding carboxylic acids is 1. The third-order valence-electron chi connectivity index (χ3n) is 2.91. The molecule has 3 N–H and O–H groups in total. The van der Waals surface area contributed by atoms with E-state index in [4.69, 9.17) is 23.8 Å². The molecule has 0 radical (unpaired) electrons. The number of halogens is 1. The van der Waals surface area contributed by atoms with Crippen LogP contribution in [0.5, 0.6) is 0 Å². The number of benzene rings is 1. The van der Waals surface area contributed by atoms with E-state index in [1.165, 1.54) is 0 Å². The minimum Gasteiger partial charge on any atom is -0.511 e. The van der Waals surface area contributed by atoms with Crippen molar-refractivity contribution in [2.75, 3.05) is 11.9 Å². The maximum atomic E-state index is 11.7. The number of aliphatic hydroxyl groups excluding tert-OH is 1. The van der Waals surface area contributed by atoms with Gasteiger partial charge in [-0.05, 0) is 24.6 Å². The largest absolute Gasteiger partial charge is 0.511 e. The SMILES string of the molecule is Cc1c(Cl)cccc1NC(=S)C1=C(O)CCNC1=O. The average molecular weight is 297 g/mol. The number of hydrogen-bond acceptors (Lipinski definition) is 3. The lowest BCUT2D eigenvalue weighted by Crippen LogP contribution is -2.36. The van der Waals surface area contributed by atoms with Crippen molar-refractivity contribution in [2.24, 2.45) is 0 Å². The molecule has 1 amide bonds. The molecule has 0 fully saturated rings. The van der Waals surface area contributed by atoms with Crippen LogP contribution in [-0.2, 0) is 4.79 Å². The Kier molecular flexibility index (Phi) is 4.07. The number of nitrogens with one attached hydrogen (secondary N) is 2. The van der Waals surface area contributed by atoms with Gasteiger partial charge in [0.2, 0.25) is 0 Å². The molecule has 100 valence electrons. The topological polar surface area (TPSA) is 61.4 Å². The van der Waals surface area contributed by atoms with Gasteiger partial charge in [-0.1, -0.05) is 29.9 Å². The van der Waals surface area contributed by atoms with Gasteiger partial charge in [-0.3, -0.25) is 4.79 Å². The summed E-state index contributed by atoms with van der Waals surface area (Å²) in [4.78, 5) is 11.9. The van der Waals surface area contributed by atoms with Gasteiger partial charge in [-0.2, -0.15) is 0 Å². The van der Waals surface area contributed by atoms with Gasteiger partial charge in [0.15, 0.2) is 0 Å². The molecule has 0 saturated heterocycles. The van der Waals surface area contributed by atoms with Crippen LogP contribution in [-0.4, -0.2) is 22.5 Å². The van der Waals surface area contributed by atoms with E-state index < -0.39 is 0 Å². The maximum absolute atomic E-state index is 11.7. The Balaban J connectivity index is 2.26. The number of thiocarbonyl (C=S) groups is 1. The van der Waals surface area contributed by atoms with Gasteiger partial charge in [-0.25, -0.2) is 0 Å². The maximum Gasteiger partial charge on any atom is 0.257 e. The van der Waals surface area contributed by atoms with Crippen LogP contribution in [0, 0.1) is 6.92 Å². The molecule has 0 aromatic heterocycles. The summed E-state index contributed by atoms with van der Waals surface area (Å²) in [5.41, 5.74) is 1.68. The molecule has 0 saturated carbocycles. The van der Waals surface area contributed by atoms with Gasteiger partial charge in [0.25, 0.3) is 5.91 Å². The van der Waals surface area contributed by atoms with E-state index in [1.54, 1.807) is 12.1 Å². The molecule has 0 bridgehead atoms. The zero-order chi connectivity index (χ0) is 14.0. The first-order chi connectivity index (χ1) is 9.00. The van der Waals surface area contributed by atoms with Gasteiger partial charge >= 0.3 is 0 Å². The first-order valence-electron chi connectivity index (χ1n) is 5.77. The fourth-order valence-electron chi connectivity index (χ4n) is 1.80. The van der Waals surface area contributed by atoms with Crippen LogP contribution < -0.4 is 10.6 Å². The molecule has 19 heavy (non-hydrogen) atoms. The highest BCUT2D eigenvalue weighted by Crippen LogP contribution is 2.24. The Morgan fingerprint density at radius 3 is 2.95 bits per heavy atom. The number of hydrogen-bond donors (Lipinski definition) is 3. The van der Waals surface area contributed by atoms with E-state index in [1.807, 2.05) is 13.0 Å². The summed E-state index contributed by atoms with van der Waals surface area (Å²) < 4.78 is 0.